The van der Waals surface area contributed by atoms with Crippen molar-refractivity contribution in [3.05, 3.63) is 29.5 Å². The van der Waals surface area contributed by atoms with Gasteiger partial charge in [-0.2, -0.15) is 6.08 Å². The Morgan fingerprint density at radius 1 is 1.47 bits per heavy atom. The second-order valence-corrected chi connectivity index (χ2v) is 4.01. The number of nitrogens with one attached hydrogen (secondary N) is 1. The van der Waals surface area contributed by atoms with Crippen LogP contribution in [0, 0.1) is 6.08 Å². The molecule has 0 saturated heterocycles. The summed E-state index contributed by atoms with van der Waals surface area (Å²) in [7, 11) is 0.750. The summed E-state index contributed by atoms with van der Waals surface area (Å²) in [5.74, 6) is -0.495. The molecule has 0 bridgehead atoms. The van der Waals surface area contributed by atoms with Gasteiger partial charge in [-0.05, 0) is 6.42 Å². The van der Waals surface area contributed by atoms with Crippen LogP contribution in [0.3, 0.4) is 0 Å². The Hall–Kier alpha value is 0.630. The molecule has 2 nitrogen and oxygen atoms in total. The van der Waals surface area contributed by atoms with Gasteiger partial charge in [0.25, 0.3) is 0 Å². The molecule has 1 rings (SSSR count). The SMILES string of the molecule is CC1=CC[C-]=C1.CCC([NH-])=O.C[SiH]C.[Cl-].[Cl-].[Zr+4]. The molecule has 0 saturated carbocycles. The van der Waals surface area contributed by atoms with Gasteiger partial charge in [0.15, 0.2) is 0 Å². The number of carbonyl (C=O) groups excluding carboxylic acids is 1. The molecule has 0 aromatic carbocycles. The molecular weight excluding hydrogens is 352 g/mol. The van der Waals surface area contributed by atoms with E-state index in [2.05, 4.69) is 32.2 Å². The minimum absolute atomic E-state index is 0. The van der Waals surface area contributed by atoms with Gasteiger partial charge in [0.05, 0.1) is 0 Å². The van der Waals surface area contributed by atoms with Crippen LogP contribution in [0.1, 0.15) is 26.7 Å². The Morgan fingerprint density at radius 3 is 1.88 bits per heavy atom. The molecule has 1 radical (unpaired) electrons. The summed E-state index contributed by atoms with van der Waals surface area (Å²) in [6, 6.07) is 0. The van der Waals surface area contributed by atoms with E-state index in [0.29, 0.717) is 6.42 Å². The van der Waals surface area contributed by atoms with Crippen molar-refractivity contribution in [2.45, 2.75) is 39.8 Å². The molecular formula is C11H20Cl2NOSiZr. The molecule has 1 aliphatic carbocycles. The van der Waals surface area contributed by atoms with Gasteiger partial charge in [0.2, 0.25) is 0 Å². The number of rotatable bonds is 1. The number of hydrogen-bond donors (Lipinski definition) is 0. The summed E-state index contributed by atoms with van der Waals surface area (Å²) in [5, 5.41) is 0. The monoisotopic (exact) mass is 370 g/mol. The third-order valence-electron chi connectivity index (χ3n) is 1.19. The average molecular weight is 373 g/mol. The first-order valence-corrected chi connectivity index (χ1v) is 7.11. The maximum atomic E-state index is 9.48. The summed E-state index contributed by atoms with van der Waals surface area (Å²) in [6.07, 6.45) is 8.57. The second-order valence-electron chi connectivity index (χ2n) is 2.85. The molecule has 0 fully saturated rings. The van der Waals surface area contributed by atoms with Crippen molar-refractivity contribution in [3.63, 3.8) is 0 Å². The standard InChI is InChI=1S/C6H7.C3H7NO.C2H7Si.2ClH.Zr/c1-6-4-2-3-5-6;1-2-3(4)5;1-3-2;;;/h4-5H,2H2,1H3;2H2,1H3,(H2,4,5);3H,1-2H3;2*1H;/q-1;;;;;+4/p-3. The van der Waals surface area contributed by atoms with Gasteiger partial charge in [-0.3, -0.25) is 6.08 Å². The Kier molecular flexibility index (Phi) is 45.8. The zero-order chi connectivity index (χ0) is 11.4. The largest absolute Gasteiger partial charge is 4.00 e. The number of allylic oxidation sites excluding steroid dienone is 4. The smallest absolute Gasteiger partial charge is 1.00 e. The fraction of sp³-hybridized carbons (Fsp3) is 0.545. The van der Waals surface area contributed by atoms with Crippen LogP contribution in [0.4, 0.5) is 0 Å². The predicted octanol–water partition coefficient (Wildman–Crippen LogP) is -2.80. The first kappa shape index (κ1) is 30.6. The molecule has 0 heterocycles. The molecule has 0 atom stereocenters. The molecule has 97 valence electrons. The van der Waals surface area contributed by atoms with E-state index in [1.807, 2.05) is 6.08 Å². The van der Waals surface area contributed by atoms with Gasteiger partial charge in [-0.25, -0.2) is 11.6 Å². The molecule has 0 aliphatic heterocycles. The van der Waals surface area contributed by atoms with Crippen molar-refractivity contribution >= 4 is 15.4 Å². The maximum Gasteiger partial charge on any atom is 4.00 e. The average Bonchev–Trinajstić information content (AvgIpc) is 2.58. The number of halogens is 2. The number of amides is 1. The fourth-order valence-electron chi connectivity index (χ4n) is 0.499. The first-order chi connectivity index (χ1) is 6.58. The van der Waals surface area contributed by atoms with Gasteiger partial charge in [0.1, 0.15) is 0 Å². The summed E-state index contributed by atoms with van der Waals surface area (Å²) >= 11 is 0. The van der Waals surface area contributed by atoms with E-state index >= 15 is 0 Å². The van der Waals surface area contributed by atoms with E-state index in [4.69, 9.17) is 5.73 Å². The normalized spacial score (nSPS) is 9.76. The van der Waals surface area contributed by atoms with E-state index in [1.54, 1.807) is 6.92 Å². The number of carbonyl (C=O) groups is 1. The Morgan fingerprint density at radius 2 is 1.82 bits per heavy atom. The molecule has 1 N–H and O–H groups in total. The van der Waals surface area contributed by atoms with Crippen LogP contribution in [-0.2, 0) is 31.0 Å². The molecule has 0 unspecified atom stereocenters. The van der Waals surface area contributed by atoms with Crippen LogP contribution in [0.2, 0.25) is 13.1 Å². The fourth-order valence-corrected chi connectivity index (χ4v) is 0.499. The van der Waals surface area contributed by atoms with Gasteiger partial charge in [-0.1, -0.05) is 20.0 Å². The quantitative estimate of drug-likeness (QED) is 0.362. The van der Waals surface area contributed by atoms with Crippen molar-refractivity contribution in [1.82, 2.24) is 0 Å². The van der Waals surface area contributed by atoms with Crippen molar-refractivity contribution in [1.29, 1.82) is 0 Å². The van der Waals surface area contributed by atoms with Crippen LogP contribution >= 0.6 is 0 Å². The summed E-state index contributed by atoms with van der Waals surface area (Å²) in [5.41, 5.74) is 7.53. The molecule has 17 heavy (non-hydrogen) atoms. The van der Waals surface area contributed by atoms with Crippen LogP contribution < -0.4 is 24.8 Å². The van der Waals surface area contributed by atoms with Gasteiger partial charge < -0.3 is 35.3 Å². The predicted molar refractivity (Wildman–Crippen MR) is 64.7 cm³/mol. The second kappa shape index (κ2) is 25.5. The Balaban J connectivity index is -0.0000000409. The van der Waals surface area contributed by atoms with Crippen molar-refractivity contribution in [3.8, 4) is 0 Å². The van der Waals surface area contributed by atoms with E-state index < -0.39 is 5.91 Å². The van der Waals surface area contributed by atoms with E-state index in [9.17, 15) is 4.79 Å². The van der Waals surface area contributed by atoms with Crippen molar-refractivity contribution in [2.75, 3.05) is 0 Å². The molecule has 0 aromatic heterocycles. The van der Waals surface area contributed by atoms with E-state index in [-0.39, 0.29) is 51.0 Å². The first-order valence-electron chi connectivity index (χ1n) is 4.80. The minimum Gasteiger partial charge on any atom is -1.00 e. The van der Waals surface area contributed by atoms with Crippen LogP contribution in [0.25, 0.3) is 5.73 Å². The zero-order valence-corrected chi connectivity index (χ0v) is 15.9. The minimum atomic E-state index is -0.495. The molecule has 6 heteroatoms. The van der Waals surface area contributed by atoms with Gasteiger partial charge in [-0.15, -0.1) is 13.3 Å². The topological polar surface area (TPSA) is 40.9 Å². The maximum absolute atomic E-state index is 9.48. The van der Waals surface area contributed by atoms with E-state index in [0.717, 1.165) is 15.9 Å². The Bertz CT molecular complexity index is 209. The third kappa shape index (κ3) is 38.4. The summed E-state index contributed by atoms with van der Waals surface area (Å²) in [6.45, 7) is 8.16. The summed E-state index contributed by atoms with van der Waals surface area (Å²) in [4.78, 5) is 9.48. The van der Waals surface area contributed by atoms with Crippen molar-refractivity contribution in [2.24, 2.45) is 0 Å². The molecule has 0 aromatic rings. The third-order valence-corrected chi connectivity index (χ3v) is 1.19. The molecule has 0 spiro atoms. The molecule has 1 amide bonds. The van der Waals surface area contributed by atoms with Crippen LogP contribution in [0.5, 0.6) is 0 Å². The van der Waals surface area contributed by atoms with Crippen LogP contribution in [0.15, 0.2) is 17.7 Å². The van der Waals surface area contributed by atoms with Gasteiger partial charge in [0, 0.05) is 15.4 Å². The van der Waals surface area contributed by atoms with Crippen molar-refractivity contribution < 1.29 is 55.8 Å². The summed E-state index contributed by atoms with van der Waals surface area (Å²) < 4.78 is 0. The van der Waals surface area contributed by atoms with Crippen LogP contribution in [-0.4, -0.2) is 15.4 Å². The Labute approximate surface area is 140 Å². The molecule has 1 aliphatic rings. The number of hydrogen-bond acceptors (Lipinski definition) is 1. The zero-order valence-electron chi connectivity index (χ0n) is 10.8. The van der Waals surface area contributed by atoms with Gasteiger partial charge >= 0.3 is 26.2 Å². The van der Waals surface area contributed by atoms with E-state index in [1.165, 1.54) is 5.57 Å².